The van der Waals surface area contributed by atoms with Gasteiger partial charge in [-0.1, -0.05) is 11.6 Å². The maximum Gasteiger partial charge on any atom is 0.573 e. The van der Waals surface area contributed by atoms with Gasteiger partial charge in [0, 0.05) is 6.07 Å². The molecule has 0 radical (unpaired) electrons. The molecule has 0 aromatic heterocycles. The number of hydrogen-bond acceptors (Lipinski definition) is 3. The number of halogens is 4. The molecule has 16 heavy (non-hydrogen) atoms. The normalized spacial score (nSPS) is 11.2. The first-order valence-corrected chi connectivity index (χ1v) is 4.23. The number of anilines is 1. The first-order chi connectivity index (χ1) is 7.20. The molecule has 88 valence electrons. The van der Waals surface area contributed by atoms with Crippen LogP contribution in [0.15, 0.2) is 12.1 Å². The van der Waals surface area contributed by atoms with E-state index in [0.29, 0.717) is 0 Å². The van der Waals surface area contributed by atoms with Gasteiger partial charge in [0.25, 0.3) is 5.91 Å². The second-order valence-corrected chi connectivity index (χ2v) is 3.19. The van der Waals surface area contributed by atoms with Crippen molar-refractivity contribution in [2.24, 2.45) is 5.73 Å². The van der Waals surface area contributed by atoms with Gasteiger partial charge >= 0.3 is 6.36 Å². The Morgan fingerprint density at radius 1 is 1.38 bits per heavy atom. The van der Waals surface area contributed by atoms with Crippen LogP contribution >= 0.6 is 11.6 Å². The van der Waals surface area contributed by atoms with E-state index in [0.717, 1.165) is 12.1 Å². The lowest BCUT2D eigenvalue weighted by atomic mass is 10.1. The van der Waals surface area contributed by atoms with Crippen LogP contribution in [0.4, 0.5) is 18.9 Å². The average Bonchev–Trinajstić information content (AvgIpc) is 2.07. The molecule has 1 amide bonds. The van der Waals surface area contributed by atoms with E-state index in [1.54, 1.807) is 0 Å². The molecule has 0 atom stereocenters. The molecule has 1 aromatic carbocycles. The van der Waals surface area contributed by atoms with Gasteiger partial charge in [-0.15, -0.1) is 13.2 Å². The molecule has 8 heteroatoms. The highest BCUT2D eigenvalue weighted by atomic mass is 35.5. The monoisotopic (exact) mass is 254 g/mol. The van der Waals surface area contributed by atoms with Gasteiger partial charge in [-0.2, -0.15) is 0 Å². The molecule has 0 bridgehead atoms. The maximum absolute atomic E-state index is 11.9. The first kappa shape index (κ1) is 12.4. The van der Waals surface area contributed by atoms with Crippen LogP contribution in [0.1, 0.15) is 10.4 Å². The van der Waals surface area contributed by atoms with Gasteiger partial charge in [0.1, 0.15) is 5.75 Å². The summed E-state index contributed by atoms with van der Waals surface area (Å²) >= 11 is 5.51. The van der Waals surface area contributed by atoms with Crippen molar-refractivity contribution in [1.82, 2.24) is 0 Å². The third kappa shape index (κ3) is 2.93. The summed E-state index contributed by atoms with van der Waals surface area (Å²) in [6, 6.07) is 1.62. The number of rotatable bonds is 2. The fourth-order valence-electron chi connectivity index (χ4n) is 0.989. The molecule has 0 spiro atoms. The predicted octanol–water partition coefficient (Wildman–Crippen LogP) is 1.92. The van der Waals surface area contributed by atoms with E-state index < -0.39 is 18.0 Å². The van der Waals surface area contributed by atoms with E-state index in [9.17, 15) is 18.0 Å². The molecule has 4 nitrogen and oxygen atoms in total. The molecule has 0 unspecified atom stereocenters. The molecule has 1 rings (SSSR count). The summed E-state index contributed by atoms with van der Waals surface area (Å²) in [5.41, 5.74) is 9.73. The molecular weight excluding hydrogens is 249 g/mol. The number of ether oxygens (including phenoxy) is 1. The minimum Gasteiger partial charge on any atom is -0.406 e. The molecule has 0 aliphatic rings. The Hall–Kier alpha value is -1.63. The number of amides is 1. The largest absolute Gasteiger partial charge is 0.573 e. The van der Waals surface area contributed by atoms with Crippen LogP contribution in [0.2, 0.25) is 5.02 Å². The molecule has 0 heterocycles. The highest BCUT2D eigenvalue weighted by Gasteiger charge is 2.31. The standard InChI is InChI=1S/C8H6ClF3N2O2/c9-5-2-3(16-8(10,11)12)1-4(6(5)13)7(14)15/h1-2H,13H2,(H2,14,15). The van der Waals surface area contributed by atoms with Crippen LogP contribution in [0, 0.1) is 0 Å². The van der Waals surface area contributed by atoms with Gasteiger partial charge < -0.3 is 16.2 Å². The molecule has 0 saturated heterocycles. The smallest absolute Gasteiger partial charge is 0.406 e. The van der Waals surface area contributed by atoms with Gasteiger partial charge in [-0.05, 0) is 6.07 Å². The van der Waals surface area contributed by atoms with Crippen LogP contribution in [0.3, 0.4) is 0 Å². The molecule has 4 N–H and O–H groups in total. The Morgan fingerprint density at radius 2 is 1.94 bits per heavy atom. The topological polar surface area (TPSA) is 78.3 Å². The van der Waals surface area contributed by atoms with Crippen LogP contribution in [0.25, 0.3) is 0 Å². The summed E-state index contributed by atoms with van der Waals surface area (Å²) in [5.74, 6) is -1.65. The van der Waals surface area contributed by atoms with Crippen molar-refractivity contribution in [3.8, 4) is 5.75 Å². The van der Waals surface area contributed by atoms with E-state index in [1.165, 1.54) is 0 Å². The van der Waals surface area contributed by atoms with Crippen molar-refractivity contribution >= 4 is 23.2 Å². The van der Waals surface area contributed by atoms with Crippen molar-refractivity contribution in [2.45, 2.75) is 6.36 Å². The summed E-state index contributed by atoms with van der Waals surface area (Å²) in [4.78, 5) is 10.8. The van der Waals surface area contributed by atoms with Gasteiger partial charge in [-0.25, -0.2) is 0 Å². The number of carbonyl (C=O) groups excluding carboxylic acids is 1. The van der Waals surface area contributed by atoms with Gasteiger partial charge in [0.2, 0.25) is 0 Å². The number of nitrogens with two attached hydrogens (primary N) is 2. The van der Waals surface area contributed by atoms with E-state index >= 15 is 0 Å². The molecule has 0 saturated carbocycles. The van der Waals surface area contributed by atoms with Crippen molar-refractivity contribution < 1.29 is 22.7 Å². The maximum atomic E-state index is 11.9. The molecular formula is C8H6ClF3N2O2. The zero-order valence-corrected chi connectivity index (χ0v) is 8.39. The van der Waals surface area contributed by atoms with Crippen LogP contribution in [-0.4, -0.2) is 12.3 Å². The Bertz CT molecular complexity index is 434. The van der Waals surface area contributed by atoms with Crippen LogP contribution in [-0.2, 0) is 0 Å². The summed E-state index contributed by atoms with van der Waals surface area (Å²) < 4.78 is 39.3. The molecule has 1 aromatic rings. The summed E-state index contributed by atoms with van der Waals surface area (Å²) in [6.07, 6.45) is -4.88. The minimum atomic E-state index is -4.88. The van der Waals surface area contributed by atoms with E-state index in [-0.39, 0.29) is 16.3 Å². The fourth-order valence-corrected chi connectivity index (χ4v) is 1.20. The lowest BCUT2D eigenvalue weighted by molar-refractivity contribution is -0.274. The lowest BCUT2D eigenvalue weighted by Gasteiger charge is -2.11. The van der Waals surface area contributed by atoms with E-state index in [2.05, 4.69) is 4.74 Å². The van der Waals surface area contributed by atoms with Crippen molar-refractivity contribution in [3.05, 3.63) is 22.7 Å². The number of benzene rings is 1. The average molecular weight is 255 g/mol. The van der Waals surface area contributed by atoms with E-state index in [4.69, 9.17) is 23.1 Å². The van der Waals surface area contributed by atoms with Crippen molar-refractivity contribution in [1.29, 1.82) is 0 Å². The lowest BCUT2D eigenvalue weighted by Crippen LogP contribution is -2.19. The Kier molecular flexibility index (Phi) is 3.18. The number of carbonyl (C=O) groups is 1. The first-order valence-electron chi connectivity index (χ1n) is 3.85. The quantitative estimate of drug-likeness (QED) is 0.792. The number of nitrogen functional groups attached to an aromatic ring is 1. The Morgan fingerprint density at radius 3 is 2.38 bits per heavy atom. The van der Waals surface area contributed by atoms with Crippen molar-refractivity contribution in [2.75, 3.05) is 5.73 Å². The Labute approximate surface area is 92.9 Å². The van der Waals surface area contributed by atoms with Gasteiger partial charge in [-0.3, -0.25) is 4.79 Å². The fraction of sp³-hybridized carbons (Fsp3) is 0.125. The zero-order valence-electron chi connectivity index (χ0n) is 7.64. The zero-order chi connectivity index (χ0) is 12.5. The predicted molar refractivity (Wildman–Crippen MR) is 51.1 cm³/mol. The van der Waals surface area contributed by atoms with Gasteiger partial charge in [0.15, 0.2) is 0 Å². The summed E-state index contributed by atoms with van der Waals surface area (Å²) in [7, 11) is 0. The molecule has 0 fully saturated rings. The second kappa shape index (κ2) is 4.09. The highest BCUT2D eigenvalue weighted by molar-refractivity contribution is 6.34. The minimum absolute atomic E-state index is 0.191. The van der Waals surface area contributed by atoms with Gasteiger partial charge in [0.05, 0.1) is 16.3 Å². The number of primary amides is 1. The van der Waals surface area contributed by atoms with Crippen molar-refractivity contribution in [3.63, 3.8) is 0 Å². The summed E-state index contributed by atoms with van der Waals surface area (Å²) in [5, 5.41) is -0.240. The Balaban J connectivity index is 3.19. The highest BCUT2D eigenvalue weighted by Crippen LogP contribution is 2.31. The SMILES string of the molecule is NC(=O)c1cc(OC(F)(F)F)cc(Cl)c1N. The number of hydrogen-bond donors (Lipinski definition) is 2. The second-order valence-electron chi connectivity index (χ2n) is 2.78. The van der Waals surface area contributed by atoms with Crippen LogP contribution in [0.5, 0.6) is 5.75 Å². The third-order valence-electron chi connectivity index (χ3n) is 1.60. The number of alkyl halides is 3. The van der Waals surface area contributed by atoms with E-state index in [1.807, 2.05) is 0 Å². The molecule has 0 aliphatic carbocycles. The van der Waals surface area contributed by atoms with Crippen LogP contribution < -0.4 is 16.2 Å². The third-order valence-corrected chi connectivity index (χ3v) is 1.91. The molecule has 0 aliphatic heterocycles. The summed E-state index contributed by atoms with van der Waals surface area (Å²) in [6.45, 7) is 0.